The maximum Gasteiger partial charge on any atom is 0.224 e. The molecule has 0 aliphatic heterocycles. The van der Waals surface area contributed by atoms with Crippen LogP contribution in [-0.4, -0.2) is 19.6 Å². The zero-order valence-corrected chi connectivity index (χ0v) is 16.9. The molecular formula is C26H24FNO2. The highest BCUT2D eigenvalue weighted by Gasteiger charge is 2.42. The van der Waals surface area contributed by atoms with Gasteiger partial charge in [0.2, 0.25) is 5.91 Å². The van der Waals surface area contributed by atoms with Gasteiger partial charge in [-0.3, -0.25) is 4.79 Å². The van der Waals surface area contributed by atoms with E-state index >= 15 is 0 Å². The number of fused-ring (bicyclic) bond motifs is 1. The van der Waals surface area contributed by atoms with Crippen molar-refractivity contribution in [2.75, 3.05) is 13.7 Å². The van der Waals surface area contributed by atoms with Gasteiger partial charge in [0.25, 0.3) is 0 Å². The summed E-state index contributed by atoms with van der Waals surface area (Å²) in [5, 5.41) is 3.10. The molecule has 30 heavy (non-hydrogen) atoms. The molecule has 0 fully saturated rings. The van der Waals surface area contributed by atoms with Gasteiger partial charge in [0, 0.05) is 18.4 Å². The van der Waals surface area contributed by atoms with Crippen molar-refractivity contribution in [3.05, 3.63) is 100 Å². The first-order chi connectivity index (χ1) is 14.7. The first-order valence-electron chi connectivity index (χ1n) is 10.4. The number of ether oxygens (including phenoxy) is 1. The average Bonchev–Trinajstić information content (AvgIpc) is 2.78. The fourth-order valence-corrected chi connectivity index (χ4v) is 5.27. The van der Waals surface area contributed by atoms with Crippen molar-refractivity contribution in [2.45, 2.75) is 24.7 Å². The van der Waals surface area contributed by atoms with E-state index in [2.05, 4.69) is 53.8 Å². The number of benzene rings is 3. The van der Waals surface area contributed by atoms with Crippen LogP contribution in [0.5, 0.6) is 5.75 Å². The zero-order valence-electron chi connectivity index (χ0n) is 16.9. The van der Waals surface area contributed by atoms with E-state index in [-0.39, 0.29) is 18.1 Å². The van der Waals surface area contributed by atoms with Gasteiger partial charge >= 0.3 is 0 Å². The molecule has 3 aliphatic carbocycles. The summed E-state index contributed by atoms with van der Waals surface area (Å²) < 4.78 is 18.8. The number of halogens is 1. The number of nitrogens with one attached hydrogen (secondary N) is 1. The Kier molecular flexibility index (Phi) is 4.78. The van der Waals surface area contributed by atoms with Crippen LogP contribution in [0.4, 0.5) is 4.39 Å². The molecule has 0 aromatic heterocycles. The molecule has 1 unspecified atom stereocenters. The lowest BCUT2D eigenvalue weighted by atomic mass is 9.59. The maximum atomic E-state index is 13.9. The first-order valence-corrected chi connectivity index (χ1v) is 10.4. The Balaban J connectivity index is 1.32. The molecule has 0 saturated carbocycles. The van der Waals surface area contributed by atoms with Crippen molar-refractivity contribution in [1.82, 2.24) is 5.32 Å². The number of carbonyl (C=O) groups excluding carboxylic acids is 1. The Bertz CT molecular complexity index is 1060. The van der Waals surface area contributed by atoms with E-state index in [4.69, 9.17) is 4.74 Å². The largest absolute Gasteiger partial charge is 0.494 e. The smallest absolute Gasteiger partial charge is 0.224 e. The van der Waals surface area contributed by atoms with Gasteiger partial charge in [-0.15, -0.1) is 0 Å². The molecule has 1 atom stereocenters. The third-order valence-corrected chi connectivity index (χ3v) is 6.57. The minimum absolute atomic E-state index is 0.0809. The third-order valence-electron chi connectivity index (χ3n) is 6.57. The maximum absolute atomic E-state index is 13.9. The number of carbonyl (C=O) groups is 1. The molecule has 0 heterocycles. The van der Waals surface area contributed by atoms with E-state index in [1.54, 1.807) is 12.1 Å². The fraction of sp³-hybridized carbons (Fsp3) is 0.269. The second-order valence-electron chi connectivity index (χ2n) is 8.23. The van der Waals surface area contributed by atoms with E-state index in [0.717, 1.165) is 6.42 Å². The van der Waals surface area contributed by atoms with E-state index in [1.165, 1.54) is 35.4 Å². The van der Waals surface area contributed by atoms with E-state index in [1.807, 2.05) is 0 Å². The Morgan fingerprint density at radius 1 is 1.00 bits per heavy atom. The predicted octanol–water partition coefficient (Wildman–Crippen LogP) is 4.79. The molecule has 0 spiro atoms. The Labute approximate surface area is 175 Å². The van der Waals surface area contributed by atoms with E-state index in [0.29, 0.717) is 29.9 Å². The number of hydrogen-bond donors (Lipinski definition) is 1. The highest BCUT2D eigenvalue weighted by Crippen LogP contribution is 2.55. The summed E-state index contributed by atoms with van der Waals surface area (Å²) in [4.78, 5) is 12.6. The summed E-state index contributed by atoms with van der Waals surface area (Å²) in [7, 11) is 1.43. The standard InChI is InChI=1S/C26H24FNO2/c1-30-24-11-10-16(12-23(24)27)13-25(29)28-15-17-14-22-18-6-2-4-8-20(18)26(17)21-9-5-3-7-19(21)22/h2-12,17,22,26H,13-15H2,1H3,(H,28,29). The molecular weight excluding hydrogens is 377 g/mol. The third kappa shape index (κ3) is 3.17. The molecule has 1 amide bonds. The first kappa shape index (κ1) is 18.9. The topological polar surface area (TPSA) is 38.3 Å². The molecule has 3 nitrogen and oxygen atoms in total. The van der Waals surface area contributed by atoms with Gasteiger partial charge in [0.15, 0.2) is 11.6 Å². The van der Waals surface area contributed by atoms with Crippen molar-refractivity contribution in [3.63, 3.8) is 0 Å². The van der Waals surface area contributed by atoms with Gasteiger partial charge in [-0.05, 0) is 52.3 Å². The van der Waals surface area contributed by atoms with E-state index < -0.39 is 5.82 Å². The van der Waals surface area contributed by atoms with Gasteiger partial charge < -0.3 is 10.1 Å². The number of hydrogen-bond acceptors (Lipinski definition) is 2. The molecule has 0 saturated heterocycles. The van der Waals surface area contributed by atoms with Crippen LogP contribution in [-0.2, 0) is 11.2 Å². The summed E-state index contributed by atoms with van der Waals surface area (Å²) >= 11 is 0. The van der Waals surface area contributed by atoms with Crippen LogP contribution in [0.3, 0.4) is 0 Å². The van der Waals surface area contributed by atoms with Gasteiger partial charge in [0.05, 0.1) is 13.5 Å². The van der Waals surface area contributed by atoms with Crippen LogP contribution >= 0.6 is 0 Å². The summed E-state index contributed by atoms with van der Waals surface area (Å²) in [5.74, 6) is 0.718. The quantitative estimate of drug-likeness (QED) is 0.668. The monoisotopic (exact) mass is 401 g/mol. The SMILES string of the molecule is COc1ccc(CC(=O)NCC2CC3c4ccccc4C2c2ccccc23)cc1F. The molecule has 0 radical (unpaired) electrons. The lowest BCUT2D eigenvalue weighted by Gasteiger charge is -2.45. The predicted molar refractivity (Wildman–Crippen MR) is 114 cm³/mol. The van der Waals surface area contributed by atoms with Crippen molar-refractivity contribution in [2.24, 2.45) is 5.92 Å². The molecule has 2 bridgehead atoms. The van der Waals surface area contributed by atoms with Crippen LogP contribution in [0.25, 0.3) is 0 Å². The van der Waals surface area contributed by atoms with Crippen molar-refractivity contribution < 1.29 is 13.9 Å². The normalized spacial score (nSPS) is 20.9. The Hall–Kier alpha value is -3.14. The van der Waals surface area contributed by atoms with Gasteiger partial charge in [-0.2, -0.15) is 0 Å². The molecule has 3 aromatic carbocycles. The molecule has 3 aromatic rings. The molecule has 1 N–H and O–H groups in total. The zero-order chi connectivity index (χ0) is 20.7. The van der Waals surface area contributed by atoms with Gasteiger partial charge in [0.1, 0.15) is 0 Å². The number of amides is 1. The Morgan fingerprint density at radius 2 is 1.63 bits per heavy atom. The molecule has 152 valence electrons. The van der Waals surface area contributed by atoms with Crippen LogP contribution in [0, 0.1) is 11.7 Å². The lowest BCUT2D eigenvalue weighted by molar-refractivity contribution is -0.120. The van der Waals surface area contributed by atoms with Crippen LogP contribution < -0.4 is 10.1 Å². The average molecular weight is 401 g/mol. The summed E-state index contributed by atoms with van der Waals surface area (Å²) in [5.41, 5.74) is 6.29. The Morgan fingerprint density at radius 3 is 2.23 bits per heavy atom. The van der Waals surface area contributed by atoms with Crippen LogP contribution in [0.2, 0.25) is 0 Å². The fourth-order valence-electron chi connectivity index (χ4n) is 5.27. The number of rotatable bonds is 5. The molecule has 6 rings (SSSR count). The van der Waals surface area contributed by atoms with Crippen LogP contribution in [0.15, 0.2) is 66.7 Å². The van der Waals surface area contributed by atoms with Gasteiger partial charge in [-0.25, -0.2) is 4.39 Å². The van der Waals surface area contributed by atoms with Crippen molar-refractivity contribution in [3.8, 4) is 5.75 Å². The highest BCUT2D eigenvalue weighted by molar-refractivity contribution is 5.78. The summed E-state index contributed by atoms with van der Waals surface area (Å²) in [6.45, 7) is 0.626. The minimum atomic E-state index is -0.444. The lowest BCUT2D eigenvalue weighted by Crippen LogP contribution is -2.39. The summed E-state index contributed by atoms with van der Waals surface area (Å²) in [6, 6.07) is 22.1. The summed E-state index contributed by atoms with van der Waals surface area (Å²) in [6.07, 6.45) is 1.20. The van der Waals surface area contributed by atoms with Gasteiger partial charge in [-0.1, -0.05) is 54.6 Å². The van der Waals surface area contributed by atoms with Crippen LogP contribution in [0.1, 0.15) is 46.1 Å². The van der Waals surface area contributed by atoms with Crippen molar-refractivity contribution in [1.29, 1.82) is 0 Å². The molecule has 4 heteroatoms. The van der Waals surface area contributed by atoms with E-state index in [9.17, 15) is 9.18 Å². The number of methoxy groups -OCH3 is 1. The minimum Gasteiger partial charge on any atom is -0.494 e. The highest BCUT2D eigenvalue weighted by atomic mass is 19.1. The molecule has 3 aliphatic rings. The van der Waals surface area contributed by atoms with Crippen molar-refractivity contribution >= 4 is 5.91 Å². The second kappa shape index (κ2) is 7.60. The second-order valence-corrected chi connectivity index (χ2v) is 8.23.